The van der Waals surface area contributed by atoms with Gasteiger partial charge in [0, 0.05) is 38.4 Å². The Balaban J connectivity index is 0.00000208. The van der Waals surface area contributed by atoms with Crippen LogP contribution in [-0.2, 0) is 4.74 Å². The predicted molar refractivity (Wildman–Crippen MR) is 101 cm³/mol. The van der Waals surface area contributed by atoms with Crippen LogP contribution >= 0.6 is 12.4 Å². The largest absolute Gasteiger partial charge is 0.389 e. The number of hydrogen-bond acceptors (Lipinski definition) is 4. The number of aliphatic hydroxyl groups is 1. The Hall–Kier alpha value is -0.810. The highest BCUT2D eigenvalue weighted by molar-refractivity contribution is 5.85. The van der Waals surface area contributed by atoms with Crippen LogP contribution < -0.4 is 4.90 Å². The average molecular weight is 355 g/mol. The molecule has 3 atom stereocenters. The van der Waals surface area contributed by atoms with Crippen LogP contribution in [0.5, 0.6) is 0 Å². The third-order valence-electron chi connectivity index (χ3n) is 5.25. The first-order valence-corrected chi connectivity index (χ1v) is 9.04. The molecular weight excluding hydrogens is 324 g/mol. The van der Waals surface area contributed by atoms with Gasteiger partial charge in [-0.15, -0.1) is 12.4 Å². The molecule has 2 aliphatic rings. The summed E-state index contributed by atoms with van der Waals surface area (Å²) in [7, 11) is 0. The van der Waals surface area contributed by atoms with Crippen molar-refractivity contribution in [2.75, 3.05) is 44.2 Å². The monoisotopic (exact) mass is 354 g/mol. The third kappa shape index (κ3) is 5.35. The average Bonchev–Trinajstić information content (AvgIpc) is 3.00. The number of piperazine rings is 1. The number of hydrogen-bond donors (Lipinski definition) is 1. The lowest BCUT2D eigenvalue weighted by molar-refractivity contribution is -0.0321. The molecule has 2 fully saturated rings. The number of benzene rings is 1. The molecule has 24 heavy (non-hydrogen) atoms. The van der Waals surface area contributed by atoms with E-state index in [4.69, 9.17) is 4.74 Å². The summed E-state index contributed by atoms with van der Waals surface area (Å²) in [5, 5.41) is 10.3. The van der Waals surface area contributed by atoms with E-state index in [1.807, 2.05) is 0 Å². The van der Waals surface area contributed by atoms with Gasteiger partial charge in [-0.05, 0) is 30.9 Å². The number of rotatable bonds is 6. The minimum atomic E-state index is -0.369. The van der Waals surface area contributed by atoms with Crippen LogP contribution in [0.2, 0.25) is 0 Å². The molecule has 0 radical (unpaired) electrons. The van der Waals surface area contributed by atoms with Gasteiger partial charge in [-0.3, -0.25) is 4.90 Å². The van der Waals surface area contributed by atoms with Crippen molar-refractivity contribution in [2.45, 2.75) is 38.4 Å². The molecule has 3 rings (SSSR count). The van der Waals surface area contributed by atoms with Crippen LogP contribution in [-0.4, -0.2) is 61.5 Å². The fraction of sp³-hybridized carbons (Fsp3) is 0.684. The van der Waals surface area contributed by atoms with Gasteiger partial charge in [0.2, 0.25) is 0 Å². The molecule has 1 aliphatic carbocycles. The van der Waals surface area contributed by atoms with Crippen molar-refractivity contribution in [3.63, 3.8) is 0 Å². The van der Waals surface area contributed by atoms with E-state index in [9.17, 15) is 5.11 Å². The second-order valence-corrected chi connectivity index (χ2v) is 7.06. The SMILES string of the molecule is CC1CCCC1OCC(O)CN1CCN(c2ccccc2)CC1.Cl. The van der Waals surface area contributed by atoms with Gasteiger partial charge in [0.1, 0.15) is 0 Å². The van der Waals surface area contributed by atoms with E-state index >= 15 is 0 Å². The molecule has 1 saturated heterocycles. The lowest BCUT2D eigenvalue weighted by Crippen LogP contribution is -2.49. The first-order valence-electron chi connectivity index (χ1n) is 9.04. The lowest BCUT2D eigenvalue weighted by atomic mass is 10.1. The maximum absolute atomic E-state index is 10.3. The summed E-state index contributed by atoms with van der Waals surface area (Å²) in [5.74, 6) is 0.650. The fourth-order valence-electron chi connectivity index (χ4n) is 3.77. The maximum Gasteiger partial charge on any atom is 0.0900 e. The molecule has 136 valence electrons. The van der Waals surface area contributed by atoms with Crippen molar-refractivity contribution < 1.29 is 9.84 Å². The summed E-state index contributed by atoms with van der Waals surface area (Å²) in [6.45, 7) is 7.52. The number of anilines is 1. The van der Waals surface area contributed by atoms with E-state index < -0.39 is 0 Å². The Morgan fingerprint density at radius 3 is 2.46 bits per heavy atom. The zero-order valence-electron chi connectivity index (χ0n) is 14.6. The molecule has 0 aromatic heterocycles. The van der Waals surface area contributed by atoms with Crippen LogP contribution in [0.1, 0.15) is 26.2 Å². The topological polar surface area (TPSA) is 35.9 Å². The number of halogens is 1. The summed E-state index contributed by atoms with van der Waals surface area (Å²) in [6.07, 6.45) is 3.68. The normalized spacial score (nSPS) is 26.2. The molecule has 1 aromatic rings. The summed E-state index contributed by atoms with van der Waals surface area (Å²) >= 11 is 0. The number of para-hydroxylation sites is 1. The second kappa shape index (κ2) is 9.62. The molecule has 1 heterocycles. The van der Waals surface area contributed by atoms with Crippen molar-refractivity contribution in [1.29, 1.82) is 0 Å². The number of ether oxygens (including phenoxy) is 1. The van der Waals surface area contributed by atoms with Crippen molar-refractivity contribution in [3.8, 4) is 0 Å². The first kappa shape index (κ1) is 19.5. The van der Waals surface area contributed by atoms with Gasteiger partial charge in [-0.2, -0.15) is 0 Å². The Morgan fingerprint density at radius 1 is 1.12 bits per heavy atom. The molecule has 1 aliphatic heterocycles. The molecule has 0 bridgehead atoms. The number of nitrogens with zero attached hydrogens (tertiary/aromatic N) is 2. The minimum absolute atomic E-state index is 0. The van der Waals surface area contributed by atoms with Gasteiger partial charge >= 0.3 is 0 Å². The van der Waals surface area contributed by atoms with Crippen molar-refractivity contribution >= 4 is 18.1 Å². The smallest absolute Gasteiger partial charge is 0.0900 e. The highest BCUT2D eigenvalue weighted by atomic mass is 35.5. The maximum atomic E-state index is 10.3. The van der Waals surface area contributed by atoms with E-state index in [-0.39, 0.29) is 18.5 Å². The predicted octanol–water partition coefficient (Wildman–Crippen LogP) is 2.80. The molecule has 1 saturated carbocycles. The zero-order valence-corrected chi connectivity index (χ0v) is 15.5. The van der Waals surface area contributed by atoms with Crippen LogP contribution in [0.3, 0.4) is 0 Å². The highest BCUT2D eigenvalue weighted by Crippen LogP contribution is 2.27. The van der Waals surface area contributed by atoms with E-state index in [1.54, 1.807) is 0 Å². The summed E-state index contributed by atoms with van der Waals surface area (Å²) in [5.41, 5.74) is 1.30. The van der Waals surface area contributed by atoms with E-state index in [0.29, 0.717) is 18.6 Å². The fourth-order valence-corrected chi connectivity index (χ4v) is 3.77. The molecule has 1 N–H and O–H groups in total. The Kier molecular flexibility index (Phi) is 7.82. The quantitative estimate of drug-likeness (QED) is 0.852. The Bertz CT molecular complexity index is 466. The molecule has 3 unspecified atom stereocenters. The van der Waals surface area contributed by atoms with E-state index in [0.717, 1.165) is 39.1 Å². The van der Waals surface area contributed by atoms with Crippen molar-refractivity contribution in [2.24, 2.45) is 5.92 Å². The van der Waals surface area contributed by atoms with Gasteiger partial charge in [-0.1, -0.05) is 31.5 Å². The van der Waals surface area contributed by atoms with E-state index in [1.165, 1.54) is 18.5 Å². The molecule has 0 amide bonds. The minimum Gasteiger partial charge on any atom is -0.389 e. The van der Waals surface area contributed by atoms with Crippen LogP contribution in [0.25, 0.3) is 0 Å². The van der Waals surface area contributed by atoms with Crippen molar-refractivity contribution in [1.82, 2.24) is 4.90 Å². The lowest BCUT2D eigenvalue weighted by Gasteiger charge is -2.37. The van der Waals surface area contributed by atoms with Gasteiger partial charge in [-0.25, -0.2) is 0 Å². The number of aliphatic hydroxyl groups excluding tert-OH is 1. The van der Waals surface area contributed by atoms with Crippen molar-refractivity contribution in [3.05, 3.63) is 30.3 Å². The van der Waals surface area contributed by atoms with Gasteiger partial charge < -0.3 is 14.7 Å². The third-order valence-corrected chi connectivity index (χ3v) is 5.25. The molecule has 0 spiro atoms. The summed E-state index contributed by atoms with van der Waals surface area (Å²) < 4.78 is 5.92. The van der Waals surface area contributed by atoms with Crippen LogP contribution in [0, 0.1) is 5.92 Å². The van der Waals surface area contributed by atoms with Crippen LogP contribution in [0.15, 0.2) is 30.3 Å². The standard InChI is InChI=1S/C19H30N2O2.ClH/c1-16-6-5-9-19(16)23-15-18(22)14-20-10-12-21(13-11-20)17-7-3-2-4-8-17;/h2-4,7-8,16,18-19,22H,5-6,9-15H2,1H3;1H. The molecule has 4 nitrogen and oxygen atoms in total. The molecular formula is C19H31ClN2O2. The second-order valence-electron chi connectivity index (χ2n) is 7.06. The number of β-amino-alcohol motifs (C(OH)–C–C–N with tert-alkyl or cyclic N) is 1. The zero-order chi connectivity index (χ0) is 16.1. The highest BCUT2D eigenvalue weighted by Gasteiger charge is 2.25. The molecule has 1 aromatic carbocycles. The summed E-state index contributed by atoms with van der Waals surface area (Å²) in [4.78, 5) is 4.77. The van der Waals surface area contributed by atoms with Crippen LogP contribution in [0.4, 0.5) is 5.69 Å². The Morgan fingerprint density at radius 2 is 1.83 bits per heavy atom. The van der Waals surface area contributed by atoms with Gasteiger partial charge in [0.25, 0.3) is 0 Å². The van der Waals surface area contributed by atoms with Gasteiger partial charge in [0.05, 0.1) is 18.8 Å². The molecule has 5 heteroatoms. The first-order chi connectivity index (χ1) is 11.2. The van der Waals surface area contributed by atoms with Gasteiger partial charge in [0.15, 0.2) is 0 Å². The summed E-state index contributed by atoms with van der Waals surface area (Å²) in [6, 6.07) is 10.6. The Labute approximate surface area is 152 Å². The van der Waals surface area contributed by atoms with E-state index in [2.05, 4.69) is 47.1 Å².